The zero-order chi connectivity index (χ0) is 15.7. The molecular formula is C13H25N3O4. The molecule has 0 fully saturated rings. The number of aliphatic carboxylic acids is 1. The number of amides is 2. The molecule has 0 aromatic rings. The van der Waals surface area contributed by atoms with E-state index >= 15 is 0 Å². The van der Waals surface area contributed by atoms with Gasteiger partial charge in [0, 0.05) is 20.1 Å². The number of hydrogen-bond donors (Lipinski definition) is 2. The molecule has 7 heteroatoms. The van der Waals surface area contributed by atoms with Crippen LogP contribution in [0.15, 0.2) is 0 Å². The van der Waals surface area contributed by atoms with Gasteiger partial charge in [-0.25, -0.2) is 0 Å². The maximum Gasteiger partial charge on any atom is 0.307 e. The Bertz CT molecular complexity index is 347. The van der Waals surface area contributed by atoms with E-state index in [4.69, 9.17) is 5.11 Å². The van der Waals surface area contributed by atoms with Crippen molar-refractivity contribution in [2.45, 2.75) is 20.3 Å². The summed E-state index contributed by atoms with van der Waals surface area (Å²) >= 11 is 0. The lowest BCUT2D eigenvalue weighted by Gasteiger charge is -2.22. The highest BCUT2D eigenvalue weighted by Crippen LogP contribution is 1.99. The van der Waals surface area contributed by atoms with E-state index in [9.17, 15) is 14.4 Å². The van der Waals surface area contributed by atoms with E-state index in [2.05, 4.69) is 5.32 Å². The van der Waals surface area contributed by atoms with Crippen molar-refractivity contribution in [1.29, 1.82) is 0 Å². The summed E-state index contributed by atoms with van der Waals surface area (Å²) in [6.45, 7) is 4.53. The van der Waals surface area contributed by atoms with Crippen molar-refractivity contribution in [1.82, 2.24) is 15.1 Å². The zero-order valence-electron chi connectivity index (χ0n) is 12.7. The Labute approximate surface area is 119 Å². The average molecular weight is 287 g/mol. The normalized spacial score (nSPS) is 12.1. The van der Waals surface area contributed by atoms with E-state index in [1.807, 2.05) is 6.92 Å². The van der Waals surface area contributed by atoms with Crippen LogP contribution in [0.2, 0.25) is 0 Å². The van der Waals surface area contributed by atoms with Gasteiger partial charge in [0.25, 0.3) is 0 Å². The SMILES string of the molecule is CCCNC(=O)CN(C)C(=O)CN(C)CC(C)C(=O)O. The van der Waals surface area contributed by atoms with Crippen molar-refractivity contribution in [2.75, 3.05) is 40.3 Å². The molecule has 2 amide bonds. The van der Waals surface area contributed by atoms with Crippen molar-refractivity contribution >= 4 is 17.8 Å². The molecule has 1 atom stereocenters. The minimum Gasteiger partial charge on any atom is -0.481 e. The minimum atomic E-state index is -0.892. The van der Waals surface area contributed by atoms with Crippen molar-refractivity contribution < 1.29 is 19.5 Å². The van der Waals surface area contributed by atoms with Crippen LogP contribution in [-0.4, -0.2) is 73.0 Å². The Morgan fingerprint density at radius 3 is 2.30 bits per heavy atom. The lowest BCUT2D eigenvalue weighted by molar-refractivity contribution is -0.142. The summed E-state index contributed by atoms with van der Waals surface area (Å²) in [5.41, 5.74) is 0. The van der Waals surface area contributed by atoms with Gasteiger partial charge in [-0.1, -0.05) is 13.8 Å². The quantitative estimate of drug-likeness (QED) is 0.603. The number of carboxylic acids is 1. The van der Waals surface area contributed by atoms with Gasteiger partial charge in [0.1, 0.15) is 0 Å². The summed E-state index contributed by atoms with van der Waals surface area (Å²) in [4.78, 5) is 37.1. The highest BCUT2D eigenvalue weighted by Gasteiger charge is 2.18. The van der Waals surface area contributed by atoms with Crippen LogP contribution >= 0.6 is 0 Å². The summed E-state index contributed by atoms with van der Waals surface area (Å²) in [7, 11) is 3.24. The number of carbonyl (C=O) groups excluding carboxylic acids is 2. The van der Waals surface area contributed by atoms with Crippen molar-refractivity contribution in [3.8, 4) is 0 Å². The van der Waals surface area contributed by atoms with E-state index < -0.39 is 11.9 Å². The number of hydrogen-bond acceptors (Lipinski definition) is 4. The summed E-state index contributed by atoms with van der Waals surface area (Å²) < 4.78 is 0. The van der Waals surface area contributed by atoms with E-state index in [1.165, 1.54) is 4.90 Å². The second-order valence-electron chi connectivity index (χ2n) is 5.04. The summed E-state index contributed by atoms with van der Waals surface area (Å²) in [5, 5.41) is 11.5. The second kappa shape index (κ2) is 9.30. The molecule has 2 N–H and O–H groups in total. The third-order valence-corrected chi connectivity index (χ3v) is 2.79. The Kier molecular flexibility index (Phi) is 8.54. The Balaban J connectivity index is 4.12. The molecule has 0 aliphatic rings. The molecule has 0 saturated carbocycles. The zero-order valence-corrected chi connectivity index (χ0v) is 12.7. The Morgan fingerprint density at radius 1 is 1.20 bits per heavy atom. The molecular weight excluding hydrogens is 262 g/mol. The van der Waals surface area contributed by atoms with Crippen molar-refractivity contribution in [3.63, 3.8) is 0 Å². The largest absolute Gasteiger partial charge is 0.481 e. The van der Waals surface area contributed by atoms with Crippen LogP contribution in [0, 0.1) is 5.92 Å². The number of nitrogens with zero attached hydrogens (tertiary/aromatic N) is 2. The fourth-order valence-electron chi connectivity index (χ4n) is 1.59. The van der Waals surface area contributed by atoms with Gasteiger partial charge in [-0.05, 0) is 13.5 Å². The lowest BCUT2D eigenvalue weighted by Crippen LogP contribution is -2.43. The van der Waals surface area contributed by atoms with Crippen LogP contribution in [0.4, 0.5) is 0 Å². The summed E-state index contributed by atoms with van der Waals surface area (Å²) in [6.07, 6.45) is 0.846. The predicted octanol–water partition coefficient (Wildman–Crippen LogP) is -0.376. The first-order valence-electron chi connectivity index (χ1n) is 6.69. The first kappa shape index (κ1) is 18.4. The molecule has 0 radical (unpaired) electrons. The fourth-order valence-corrected chi connectivity index (χ4v) is 1.59. The van der Waals surface area contributed by atoms with Crippen LogP contribution in [0.3, 0.4) is 0 Å². The molecule has 0 aromatic heterocycles. The maximum atomic E-state index is 11.9. The molecule has 7 nitrogen and oxygen atoms in total. The smallest absolute Gasteiger partial charge is 0.307 e. The fraction of sp³-hybridized carbons (Fsp3) is 0.769. The third kappa shape index (κ3) is 7.73. The van der Waals surface area contributed by atoms with Gasteiger partial charge in [-0.15, -0.1) is 0 Å². The predicted molar refractivity (Wildman–Crippen MR) is 75.2 cm³/mol. The molecule has 1 unspecified atom stereocenters. The van der Waals surface area contributed by atoms with E-state index in [-0.39, 0.29) is 31.4 Å². The van der Waals surface area contributed by atoms with Crippen LogP contribution in [0.1, 0.15) is 20.3 Å². The van der Waals surface area contributed by atoms with Gasteiger partial charge in [0.15, 0.2) is 0 Å². The maximum absolute atomic E-state index is 11.9. The number of nitrogens with one attached hydrogen (secondary N) is 1. The van der Waals surface area contributed by atoms with E-state index in [1.54, 1.807) is 25.9 Å². The van der Waals surface area contributed by atoms with Crippen molar-refractivity contribution in [3.05, 3.63) is 0 Å². The molecule has 0 rings (SSSR count). The third-order valence-electron chi connectivity index (χ3n) is 2.79. The van der Waals surface area contributed by atoms with Crippen LogP contribution in [0.25, 0.3) is 0 Å². The van der Waals surface area contributed by atoms with Gasteiger partial charge in [0.05, 0.1) is 19.0 Å². The summed E-state index contributed by atoms with van der Waals surface area (Å²) in [5.74, 6) is -1.83. The topological polar surface area (TPSA) is 90.0 Å². The van der Waals surface area contributed by atoms with E-state index in [0.717, 1.165) is 6.42 Å². The highest BCUT2D eigenvalue weighted by molar-refractivity contribution is 5.85. The number of carboxylic acid groups (broad SMARTS) is 1. The van der Waals surface area contributed by atoms with Gasteiger partial charge in [-0.2, -0.15) is 0 Å². The molecule has 0 aliphatic carbocycles. The standard InChI is InChI=1S/C13H25N3O4/c1-5-6-14-11(17)8-16(4)12(18)9-15(3)7-10(2)13(19)20/h10H,5-9H2,1-4H3,(H,14,17)(H,19,20). The van der Waals surface area contributed by atoms with E-state index in [0.29, 0.717) is 6.54 Å². The lowest BCUT2D eigenvalue weighted by atomic mass is 10.2. The first-order valence-corrected chi connectivity index (χ1v) is 6.69. The number of carbonyl (C=O) groups is 3. The average Bonchev–Trinajstić information content (AvgIpc) is 2.35. The molecule has 0 aromatic carbocycles. The van der Waals surface area contributed by atoms with Crippen LogP contribution in [-0.2, 0) is 14.4 Å². The Hall–Kier alpha value is -1.63. The first-order chi connectivity index (χ1) is 9.27. The van der Waals surface area contributed by atoms with Gasteiger partial charge >= 0.3 is 5.97 Å². The van der Waals surface area contributed by atoms with Gasteiger partial charge in [0.2, 0.25) is 11.8 Å². The second-order valence-corrected chi connectivity index (χ2v) is 5.04. The van der Waals surface area contributed by atoms with Crippen molar-refractivity contribution in [2.24, 2.45) is 5.92 Å². The Morgan fingerprint density at radius 2 is 1.80 bits per heavy atom. The molecule has 0 saturated heterocycles. The molecule has 20 heavy (non-hydrogen) atoms. The summed E-state index contributed by atoms with van der Waals surface area (Å²) in [6, 6.07) is 0. The minimum absolute atomic E-state index is 0.0150. The number of likely N-dealkylation sites (N-methyl/N-ethyl adjacent to an activating group) is 2. The molecule has 0 aliphatic heterocycles. The van der Waals surface area contributed by atoms with Crippen LogP contribution < -0.4 is 5.32 Å². The molecule has 0 bridgehead atoms. The molecule has 0 heterocycles. The van der Waals surface area contributed by atoms with Crippen LogP contribution in [0.5, 0.6) is 0 Å². The van der Waals surface area contributed by atoms with Gasteiger partial charge < -0.3 is 15.3 Å². The van der Waals surface area contributed by atoms with Gasteiger partial charge in [-0.3, -0.25) is 19.3 Å². The molecule has 0 spiro atoms. The molecule has 116 valence electrons. The highest BCUT2D eigenvalue weighted by atomic mass is 16.4. The number of rotatable bonds is 9. The monoisotopic (exact) mass is 287 g/mol.